The number of anilines is 2. The third-order valence-corrected chi connectivity index (χ3v) is 5.20. The van der Waals surface area contributed by atoms with Crippen LogP contribution in [0.2, 0.25) is 0 Å². The lowest BCUT2D eigenvalue weighted by molar-refractivity contribution is -0.137. The lowest BCUT2D eigenvalue weighted by atomic mass is 10.1. The number of carbonyl (C=O) groups is 1. The first-order valence-corrected chi connectivity index (χ1v) is 10.3. The first-order chi connectivity index (χ1) is 16.7. The number of fused-ring (bicyclic) bond motifs is 1. The normalized spacial score (nSPS) is 11.2. The quantitative estimate of drug-likeness (QED) is 0.349. The Morgan fingerprint density at radius 1 is 0.857 bits per heavy atom. The van der Waals surface area contributed by atoms with Gasteiger partial charge in [0.25, 0.3) is 0 Å². The summed E-state index contributed by atoms with van der Waals surface area (Å²) in [7, 11) is 3.06. The Kier molecular flexibility index (Phi) is 6.37. The Morgan fingerprint density at radius 2 is 1.43 bits per heavy atom. The number of primary amides is 1. The number of hydrogen-bond donors (Lipinski definition) is 1. The van der Waals surface area contributed by atoms with Crippen molar-refractivity contribution >= 4 is 28.3 Å². The van der Waals surface area contributed by atoms with Gasteiger partial charge in [0.2, 0.25) is 0 Å². The number of alkyl halides is 3. The maximum absolute atomic E-state index is 12.9. The average molecular weight is 483 g/mol. The van der Waals surface area contributed by atoms with Gasteiger partial charge in [0.15, 0.2) is 11.5 Å². The van der Waals surface area contributed by atoms with Gasteiger partial charge >= 0.3 is 12.2 Å². The Morgan fingerprint density at radius 3 is 1.97 bits per heavy atom. The van der Waals surface area contributed by atoms with E-state index in [1.807, 2.05) is 0 Å². The topological polar surface area (TPSA) is 86.9 Å². The van der Waals surface area contributed by atoms with E-state index in [1.165, 1.54) is 26.4 Å². The van der Waals surface area contributed by atoms with Gasteiger partial charge in [-0.1, -0.05) is 0 Å². The molecule has 2 amide bonds. The third kappa shape index (κ3) is 4.91. The van der Waals surface area contributed by atoms with Crippen LogP contribution in [0.15, 0.2) is 72.9 Å². The summed E-state index contributed by atoms with van der Waals surface area (Å²) in [6.07, 6.45) is -2.89. The summed E-state index contributed by atoms with van der Waals surface area (Å²) in [5.41, 5.74) is 5.87. The van der Waals surface area contributed by atoms with Crippen LogP contribution in [0.1, 0.15) is 5.56 Å². The number of hydrogen-bond acceptors (Lipinski definition) is 5. The number of rotatable bonds is 6. The minimum Gasteiger partial charge on any atom is -0.493 e. The van der Waals surface area contributed by atoms with Crippen LogP contribution in [0.3, 0.4) is 0 Å². The van der Waals surface area contributed by atoms with Crippen molar-refractivity contribution in [3.63, 3.8) is 0 Å². The minimum absolute atomic E-state index is 0.195. The number of ether oxygens (including phenoxy) is 3. The molecule has 0 spiro atoms. The summed E-state index contributed by atoms with van der Waals surface area (Å²) in [6.45, 7) is 0. The van der Waals surface area contributed by atoms with Crippen LogP contribution in [0, 0.1) is 0 Å². The van der Waals surface area contributed by atoms with Gasteiger partial charge in [0, 0.05) is 17.6 Å². The van der Waals surface area contributed by atoms with Crippen LogP contribution in [-0.4, -0.2) is 25.2 Å². The van der Waals surface area contributed by atoms with Gasteiger partial charge in [0.1, 0.15) is 11.5 Å². The molecule has 0 aliphatic rings. The van der Waals surface area contributed by atoms with Crippen molar-refractivity contribution in [1.29, 1.82) is 0 Å². The minimum atomic E-state index is -4.48. The van der Waals surface area contributed by atoms with Gasteiger partial charge in [-0.25, -0.2) is 4.79 Å². The zero-order valence-corrected chi connectivity index (χ0v) is 18.7. The summed E-state index contributed by atoms with van der Waals surface area (Å²) < 4.78 is 55.3. The second-order valence-electron chi connectivity index (χ2n) is 7.35. The highest BCUT2D eigenvalue weighted by Gasteiger charge is 2.30. The number of methoxy groups -OCH3 is 2. The van der Waals surface area contributed by atoms with Crippen molar-refractivity contribution in [2.75, 3.05) is 19.1 Å². The molecular weight excluding hydrogens is 463 g/mol. The largest absolute Gasteiger partial charge is 0.493 e. The van der Waals surface area contributed by atoms with Crippen LogP contribution in [0.4, 0.5) is 29.3 Å². The van der Waals surface area contributed by atoms with E-state index >= 15 is 0 Å². The predicted molar refractivity (Wildman–Crippen MR) is 125 cm³/mol. The number of carbonyl (C=O) groups excluding carboxylic acids is 1. The number of pyridine rings is 1. The van der Waals surface area contributed by atoms with Gasteiger partial charge < -0.3 is 19.9 Å². The highest BCUT2D eigenvalue weighted by Crippen LogP contribution is 2.38. The van der Waals surface area contributed by atoms with Crippen molar-refractivity contribution in [2.45, 2.75) is 6.18 Å². The maximum atomic E-state index is 12.9. The van der Waals surface area contributed by atoms with Gasteiger partial charge in [-0.3, -0.25) is 9.88 Å². The van der Waals surface area contributed by atoms with E-state index in [4.69, 9.17) is 19.9 Å². The lowest BCUT2D eigenvalue weighted by Crippen LogP contribution is -2.31. The van der Waals surface area contributed by atoms with E-state index in [0.717, 1.165) is 17.0 Å². The van der Waals surface area contributed by atoms with E-state index in [-0.39, 0.29) is 5.69 Å². The molecule has 0 unspecified atom stereocenters. The molecule has 0 saturated heterocycles. The Hall–Kier alpha value is -4.47. The number of nitrogens with zero attached hydrogens (tertiary/aromatic N) is 2. The highest BCUT2D eigenvalue weighted by atomic mass is 19.4. The number of amides is 2. The average Bonchev–Trinajstić information content (AvgIpc) is 2.84. The molecule has 0 bridgehead atoms. The molecule has 0 aliphatic heterocycles. The van der Waals surface area contributed by atoms with Crippen molar-refractivity contribution in [2.24, 2.45) is 5.73 Å². The molecule has 0 atom stereocenters. The van der Waals surface area contributed by atoms with Gasteiger partial charge in [-0.05, 0) is 60.7 Å². The van der Waals surface area contributed by atoms with Gasteiger partial charge in [-0.15, -0.1) is 0 Å². The van der Waals surface area contributed by atoms with Crippen molar-refractivity contribution in [3.05, 3.63) is 78.5 Å². The number of halogens is 3. The molecule has 180 valence electrons. The summed E-state index contributed by atoms with van der Waals surface area (Å²) >= 11 is 0. The van der Waals surface area contributed by atoms with E-state index in [9.17, 15) is 18.0 Å². The van der Waals surface area contributed by atoms with Crippen molar-refractivity contribution in [3.8, 4) is 23.0 Å². The second kappa shape index (κ2) is 9.41. The zero-order valence-electron chi connectivity index (χ0n) is 18.7. The summed E-state index contributed by atoms with van der Waals surface area (Å²) in [5.74, 6) is 2.01. The molecule has 1 heterocycles. The fraction of sp³-hybridized carbons (Fsp3) is 0.120. The van der Waals surface area contributed by atoms with E-state index < -0.39 is 17.8 Å². The molecule has 0 fully saturated rings. The molecule has 2 N–H and O–H groups in total. The zero-order chi connectivity index (χ0) is 25.2. The number of urea groups is 1. The molecule has 4 rings (SSSR count). The molecule has 3 aromatic carbocycles. The fourth-order valence-electron chi connectivity index (χ4n) is 3.53. The molecule has 0 aliphatic carbocycles. The van der Waals surface area contributed by atoms with Crippen LogP contribution in [0.5, 0.6) is 23.0 Å². The SMILES string of the molecule is COc1cc2nccc(Oc3ccc(N(C(N)=O)c4ccc(C(F)(F)F)cc4)cc3)c2cc1OC. The molecule has 7 nitrogen and oxygen atoms in total. The number of nitrogens with two attached hydrogens (primary N) is 1. The molecule has 4 aromatic rings. The maximum Gasteiger partial charge on any atom is 0.416 e. The Labute approximate surface area is 198 Å². The number of aromatic nitrogens is 1. The summed E-state index contributed by atoms with van der Waals surface area (Å²) in [5, 5.41) is 0.692. The van der Waals surface area contributed by atoms with Crippen LogP contribution >= 0.6 is 0 Å². The van der Waals surface area contributed by atoms with E-state index in [0.29, 0.717) is 39.6 Å². The van der Waals surface area contributed by atoms with E-state index in [1.54, 1.807) is 48.7 Å². The number of benzene rings is 3. The first-order valence-electron chi connectivity index (χ1n) is 10.3. The van der Waals surface area contributed by atoms with E-state index in [2.05, 4.69) is 4.98 Å². The monoisotopic (exact) mass is 483 g/mol. The molecule has 1 aromatic heterocycles. The Balaban J connectivity index is 1.62. The molecule has 10 heteroatoms. The standard InChI is InChI=1S/C25H20F3N3O4/c1-33-22-13-19-20(14-23(22)34-2)30-12-11-21(19)35-18-9-7-17(8-10-18)31(24(29)32)16-5-3-15(4-6-16)25(26,27)28/h3-14H,1-2H3,(H2,29,32). The third-order valence-electron chi connectivity index (χ3n) is 5.20. The molecule has 0 radical (unpaired) electrons. The molecule has 0 saturated carbocycles. The van der Waals surface area contributed by atoms with Crippen LogP contribution in [-0.2, 0) is 6.18 Å². The van der Waals surface area contributed by atoms with Gasteiger partial charge in [0.05, 0.1) is 36.7 Å². The predicted octanol–water partition coefficient (Wildman–Crippen LogP) is 6.28. The van der Waals surface area contributed by atoms with Crippen LogP contribution in [0.25, 0.3) is 10.9 Å². The van der Waals surface area contributed by atoms with Gasteiger partial charge in [-0.2, -0.15) is 13.2 Å². The molecule has 35 heavy (non-hydrogen) atoms. The molecular formula is C25H20F3N3O4. The second-order valence-corrected chi connectivity index (χ2v) is 7.35. The van der Waals surface area contributed by atoms with Crippen LogP contribution < -0.4 is 24.8 Å². The lowest BCUT2D eigenvalue weighted by Gasteiger charge is -2.21. The first kappa shape index (κ1) is 23.7. The summed E-state index contributed by atoms with van der Waals surface area (Å²) in [6, 6.07) is 14.9. The summed E-state index contributed by atoms with van der Waals surface area (Å²) in [4.78, 5) is 17.5. The fourth-order valence-corrected chi connectivity index (χ4v) is 3.53. The van der Waals surface area contributed by atoms with Crippen molar-refractivity contribution in [1.82, 2.24) is 4.98 Å². The smallest absolute Gasteiger partial charge is 0.416 e. The van der Waals surface area contributed by atoms with Crippen molar-refractivity contribution < 1.29 is 32.2 Å². The highest BCUT2D eigenvalue weighted by molar-refractivity contribution is 5.98. The Bertz CT molecular complexity index is 1360.